The van der Waals surface area contributed by atoms with Crippen LogP contribution < -0.4 is 10.3 Å². The van der Waals surface area contributed by atoms with Crippen LogP contribution >= 0.6 is 0 Å². The van der Waals surface area contributed by atoms with Crippen LogP contribution in [0.25, 0.3) is 22.3 Å². The zero-order chi connectivity index (χ0) is 19.1. The minimum absolute atomic E-state index is 0.245. The van der Waals surface area contributed by atoms with E-state index < -0.39 is 28.4 Å². The molecule has 0 aliphatic carbocycles. The standard InChI is InChI=1S/C21H19F2NO3/c1-12-3-2-10-24(11-12)14-6-4-13(5-7-14)20-18(23)19(26)15-8-9-16(25)17(22)21(15)27-20/h4-9,12,25H,2-3,10-11H2,1H3/t12-/m0/s1. The number of fused-ring (bicyclic) bond motifs is 1. The van der Waals surface area contributed by atoms with Gasteiger partial charge in [0.05, 0.1) is 5.39 Å². The normalized spacial score (nSPS) is 17.4. The summed E-state index contributed by atoms with van der Waals surface area (Å²) in [5.41, 5.74) is -0.0647. The van der Waals surface area contributed by atoms with Crippen molar-refractivity contribution in [2.45, 2.75) is 19.8 Å². The summed E-state index contributed by atoms with van der Waals surface area (Å²) in [4.78, 5) is 14.5. The highest BCUT2D eigenvalue weighted by molar-refractivity contribution is 5.81. The van der Waals surface area contributed by atoms with Crippen LogP contribution in [0.3, 0.4) is 0 Å². The van der Waals surface area contributed by atoms with Crippen molar-refractivity contribution in [3.8, 4) is 17.1 Å². The first-order valence-corrected chi connectivity index (χ1v) is 8.95. The Morgan fingerprint density at radius 1 is 1.11 bits per heavy atom. The molecule has 1 aromatic heterocycles. The average molecular weight is 371 g/mol. The number of halogens is 2. The van der Waals surface area contributed by atoms with Crippen molar-refractivity contribution < 1.29 is 18.3 Å². The molecule has 1 N–H and O–H groups in total. The monoisotopic (exact) mass is 371 g/mol. The molecule has 0 amide bonds. The third kappa shape index (κ3) is 3.05. The molecule has 6 heteroatoms. The van der Waals surface area contributed by atoms with Crippen LogP contribution in [0.2, 0.25) is 0 Å². The summed E-state index contributed by atoms with van der Waals surface area (Å²) in [5.74, 6) is -2.53. The van der Waals surface area contributed by atoms with Gasteiger partial charge in [0.2, 0.25) is 17.1 Å². The fourth-order valence-corrected chi connectivity index (χ4v) is 3.63. The summed E-state index contributed by atoms with van der Waals surface area (Å²) in [6.45, 7) is 4.14. The van der Waals surface area contributed by atoms with Gasteiger partial charge < -0.3 is 14.4 Å². The summed E-state index contributed by atoms with van der Waals surface area (Å²) >= 11 is 0. The summed E-state index contributed by atoms with van der Waals surface area (Å²) in [7, 11) is 0. The van der Waals surface area contributed by atoms with Crippen LogP contribution in [0.1, 0.15) is 19.8 Å². The molecule has 0 saturated carbocycles. The molecule has 2 aromatic carbocycles. The molecular weight excluding hydrogens is 352 g/mol. The van der Waals surface area contributed by atoms with Gasteiger partial charge in [-0.1, -0.05) is 6.92 Å². The van der Waals surface area contributed by atoms with Crippen molar-refractivity contribution in [1.82, 2.24) is 0 Å². The summed E-state index contributed by atoms with van der Waals surface area (Å²) in [6, 6.07) is 9.14. The lowest BCUT2D eigenvalue weighted by atomic mass is 9.99. The van der Waals surface area contributed by atoms with Crippen molar-refractivity contribution in [3.05, 3.63) is 58.3 Å². The van der Waals surface area contributed by atoms with Gasteiger partial charge in [0.1, 0.15) is 0 Å². The molecule has 0 bridgehead atoms. The highest BCUT2D eigenvalue weighted by Crippen LogP contribution is 2.31. The van der Waals surface area contributed by atoms with E-state index in [1.165, 1.54) is 6.42 Å². The molecule has 0 spiro atoms. The number of anilines is 1. The van der Waals surface area contributed by atoms with Gasteiger partial charge in [-0.05, 0) is 55.2 Å². The number of piperidine rings is 1. The second-order valence-electron chi connectivity index (χ2n) is 7.09. The molecule has 2 heterocycles. The van der Waals surface area contributed by atoms with Gasteiger partial charge >= 0.3 is 0 Å². The first-order chi connectivity index (χ1) is 13.0. The van der Waals surface area contributed by atoms with E-state index >= 15 is 0 Å². The van der Waals surface area contributed by atoms with Crippen LogP contribution in [0, 0.1) is 17.6 Å². The van der Waals surface area contributed by atoms with E-state index in [-0.39, 0.29) is 11.1 Å². The van der Waals surface area contributed by atoms with Crippen molar-refractivity contribution >= 4 is 16.7 Å². The highest BCUT2D eigenvalue weighted by Gasteiger charge is 2.21. The zero-order valence-electron chi connectivity index (χ0n) is 14.8. The SMILES string of the molecule is C[C@H]1CCCN(c2ccc(-c3oc4c(F)c(O)ccc4c(=O)c3F)cc2)C1. The van der Waals surface area contributed by atoms with Crippen LogP contribution in [0.4, 0.5) is 14.5 Å². The van der Waals surface area contributed by atoms with Gasteiger partial charge in [-0.3, -0.25) is 4.79 Å². The molecular formula is C21H19F2NO3. The number of rotatable bonds is 2. The number of aromatic hydroxyl groups is 1. The fourth-order valence-electron chi connectivity index (χ4n) is 3.63. The summed E-state index contributed by atoms with van der Waals surface area (Å²) < 4.78 is 34.0. The van der Waals surface area contributed by atoms with E-state index in [1.54, 1.807) is 12.1 Å². The van der Waals surface area contributed by atoms with Crippen LogP contribution in [0.15, 0.2) is 45.6 Å². The van der Waals surface area contributed by atoms with Gasteiger partial charge in [-0.2, -0.15) is 8.78 Å². The largest absolute Gasteiger partial charge is 0.505 e. The molecule has 1 saturated heterocycles. The third-order valence-corrected chi connectivity index (χ3v) is 5.08. The summed E-state index contributed by atoms with van der Waals surface area (Å²) in [6.07, 6.45) is 2.33. The number of benzene rings is 2. The van der Waals surface area contributed by atoms with Gasteiger partial charge in [0.25, 0.3) is 0 Å². The third-order valence-electron chi connectivity index (χ3n) is 5.08. The van der Waals surface area contributed by atoms with Crippen molar-refractivity contribution in [2.24, 2.45) is 5.92 Å². The summed E-state index contributed by atoms with van der Waals surface area (Å²) in [5, 5.41) is 9.26. The van der Waals surface area contributed by atoms with E-state index in [0.29, 0.717) is 11.5 Å². The molecule has 27 heavy (non-hydrogen) atoms. The van der Waals surface area contributed by atoms with Gasteiger partial charge in [-0.15, -0.1) is 0 Å². The second kappa shape index (κ2) is 6.68. The maximum atomic E-state index is 14.6. The van der Waals surface area contributed by atoms with E-state index in [2.05, 4.69) is 11.8 Å². The minimum Gasteiger partial charge on any atom is -0.505 e. The van der Waals surface area contributed by atoms with Gasteiger partial charge in [0.15, 0.2) is 17.1 Å². The molecule has 4 rings (SSSR count). The first-order valence-electron chi connectivity index (χ1n) is 8.95. The predicted molar refractivity (Wildman–Crippen MR) is 100 cm³/mol. The van der Waals surface area contributed by atoms with E-state index in [1.807, 2.05) is 12.1 Å². The second-order valence-corrected chi connectivity index (χ2v) is 7.09. The zero-order valence-corrected chi connectivity index (χ0v) is 14.8. The number of hydrogen-bond donors (Lipinski definition) is 1. The molecule has 1 atom stereocenters. The smallest absolute Gasteiger partial charge is 0.229 e. The molecule has 0 radical (unpaired) electrons. The average Bonchev–Trinajstić information content (AvgIpc) is 2.68. The lowest BCUT2D eigenvalue weighted by Gasteiger charge is -2.32. The van der Waals surface area contributed by atoms with E-state index in [4.69, 9.17) is 4.42 Å². The molecule has 0 unspecified atom stereocenters. The minimum atomic E-state index is -1.08. The molecule has 1 fully saturated rings. The van der Waals surface area contributed by atoms with Crippen LogP contribution in [0.5, 0.6) is 5.75 Å². The van der Waals surface area contributed by atoms with Crippen molar-refractivity contribution in [1.29, 1.82) is 0 Å². The van der Waals surface area contributed by atoms with Crippen molar-refractivity contribution in [3.63, 3.8) is 0 Å². The molecule has 3 aromatic rings. The Morgan fingerprint density at radius 3 is 2.56 bits per heavy atom. The number of hydrogen-bond acceptors (Lipinski definition) is 4. The Hall–Kier alpha value is -2.89. The van der Waals surface area contributed by atoms with Gasteiger partial charge in [-0.25, -0.2) is 0 Å². The lowest BCUT2D eigenvalue weighted by Crippen LogP contribution is -2.34. The molecule has 1 aliphatic rings. The first kappa shape index (κ1) is 17.5. The Bertz CT molecular complexity index is 1060. The molecule has 1 aliphatic heterocycles. The maximum Gasteiger partial charge on any atom is 0.229 e. The van der Waals surface area contributed by atoms with E-state index in [9.17, 15) is 18.7 Å². The van der Waals surface area contributed by atoms with Crippen LogP contribution in [-0.4, -0.2) is 18.2 Å². The Morgan fingerprint density at radius 2 is 1.85 bits per heavy atom. The quantitative estimate of drug-likeness (QED) is 0.711. The Kier molecular flexibility index (Phi) is 4.34. The number of phenolic OH excluding ortho intramolecular Hbond substituents is 1. The number of phenols is 1. The van der Waals surface area contributed by atoms with Crippen molar-refractivity contribution in [2.75, 3.05) is 18.0 Å². The number of nitrogens with zero attached hydrogens (tertiary/aromatic N) is 1. The van der Waals surface area contributed by atoms with E-state index in [0.717, 1.165) is 37.3 Å². The topological polar surface area (TPSA) is 53.7 Å². The molecule has 140 valence electrons. The highest BCUT2D eigenvalue weighted by atomic mass is 19.1. The Balaban J connectivity index is 1.77. The van der Waals surface area contributed by atoms with Gasteiger partial charge in [0, 0.05) is 24.3 Å². The molecule has 4 nitrogen and oxygen atoms in total. The predicted octanol–water partition coefficient (Wildman–Crippen LogP) is 4.68. The maximum absolute atomic E-state index is 14.6. The fraction of sp³-hybridized carbons (Fsp3) is 0.286. The lowest BCUT2D eigenvalue weighted by molar-refractivity contribution is 0.426. The van der Waals surface area contributed by atoms with Crippen LogP contribution in [-0.2, 0) is 0 Å². The Labute approximate surface area is 154 Å².